The molecular weight excluding hydrogens is 212 g/mol. The minimum Gasteiger partial charge on any atom is -0.330 e. The Morgan fingerprint density at radius 2 is 1.82 bits per heavy atom. The molecule has 0 bridgehead atoms. The van der Waals surface area contributed by atoms with E-state index < -0.39 is 48.5 Å². The van der Waals surface area contributed by atoms with Crippen LogP contribution in [0.2, 0.25) is 0 Å². The summed E-state index contributed by atoms with van der Waals surface area (Å²) in [5, 5.41) is 2.86. The van der Waals surface area contributed by atoms with Gasteiger partial charge in [0.25, 0.3) is 0 Å². The summed E-state index contributed by atoms with van der Waals surface area (Å²) in [6.07, 6.45) is -5.35. The molecule has 0 heterocycles. The number of carbonyl (C=O) groups is 1. The fraction of sp³-hybridized carbons (Fsp3) is 0.929. The van der Waals surface area contributed by atoms with Crippen LogP contribution < -0.4 is 11.1 Å². The van der Waals surface area contributed by atoms with Crippen LogP contribution in [0.4, 0.5) is 0 Å². The highest BCUT2D eigenvalue weighted by Crippen LogP contribution is 2.20. The molecule has 0 amide bonds. The summed E-state index contributed by atoms with van der Waals surface area (Å²) in [5.41, 5.74) is 3.86. The SMILES string of the molecule is [2H]C([2H])(CN)C([2H])([2H])C[C@]([2H])(NC(C)(C)C)C(=O)C(C)(C)C. The maximum absolute atomic E-state index is 12.7. The third-order valence-electron chi connectivity index (χ3n) is 1.97. The Hall–Kier alpha value is -0.410. The number of hydrogen-bond donors (Lipinski definition) is 2. The van der Waals surface area contributed by atoms with Crippen LogP contribution in [-0.2, 0) is 4.79 Å². The van der Waals surface area contributed by atoms with E-state index in [0.29, 0.717) is 0 Å². The van der Waals surface area contributed by atoms with Crippen molar-refractivity contribution in [2.24, 2.45) is 11.1 Å². The third-order valence-corrected chi connectivity index (χ3v) is 1.97. The summed E-state index contributed by atoms with van der Waals surface area (Å²) in [4.78, 5) is 12.7. The molecule has 0 spiro atoms. The average Bonchev–Trinajstić information content (AvgIpc) is 2.22. The summed E-state index contributed by atoms with van der Waals surface area (Å²) >= 11 is 0. The first-order valence-corrected chi connectivity index (χ1v) is 5.92. The fourth-order valence-electron chi connectivity index (χ4n) is 1.31. The van der Waals surface area contributed by atoms with Crippen molar-refractivity contribution in [2.45, 2.75) is 72.3 Å². The minimum atomic E-state index is -2.41. The Morgan fingerprint density at radius 3 is 2.18 bits per heavy atom. The molecule has 0 aliphatic heterocycles. The molecule has 102 valence electrons. The molecule has 0 aromatic heterocycles. The zero-order valence-corrected chi connectivity index (χ0v) is 11.9. The van der Waals surface area contributed by atoms with Crippen LogP contribution in [-0.4, -0.2) is 23.9 Å². The number of nitrogens with one attached hydrogen (secondary N) is 1. The van der Waals surface area contributed by atoms with Crippen LogP contribution in [0.5, 0.6) is 0 Å². The average molecular weight is 247 g/mol. The van der Waals surface area contributed by atoms with Crippen LogP contribution in [0.25, 0.3) is 0 Å². The molecule has 0 aliphatic rings. The Kier molecular flexibility index (Phi) is 3.64. The molecule has 1 atom stereocenters. The summed E-state index contributed by atoms with van der Waals surface area (Å²) in [6, 6.07) is -1.94. The van der Waals surface area contributed by atoms with Gasteiger partial charge < -0.3 is 11.1 Å². The number of rotatable bonds is 6. The fourth-order valence-corrected chi connectivity index (χ4v) is 1.31. The lowest BCUT2D eigenvalue weighted by Crippen LogP contribution is -2.50. The van der Waals surface area contributed by atoms with Gasteiger partial charge in [-0.2, -0.15) is 0 Å². The van der Waals surface area contributed by atoms with Gasteiger partial charge in [0, 0.05) is 16.4 Å². The molecule has 0 fully saturated rings. The Balaban J connectivity index is 5.77. The molecule has 3 heteroatoms. The maximum atomic E-state index is 12.7. The second-order valence-electron chi connectivity index (χ2n) is 6.17. The summed E-state index contributed by atoms with van der Waals surface area (Å²) in [6.45, 7) is 9.80. The van der Waals surface area contributed by atoms with Crippen LogP contribution in [0.15, 0.2) is 0 Å². The van der Waals surface area contributed by atoms with Crippen molar-refractivity contribution >= 4 is 5.78 Å². The van der Waals surface area contributed by atoms with Crippen molar-refractivity contribution < 1.29 is 11.6 Å². The molecule has 0 aromatic carbocycles. The first kappa shape index (κ1) is 9.51. The lowest BCUT2D eigenvalue weighted by molar-refractivity contribution is -0.129. The van der Waals surface area contributed by atoms with Gasteiger partial charge in [-0.1, -0.05) is 27.1 Å². The highest BCUT2D eigenvalue weighted by Gasteiger charge is 2.31. The molecule has 3 nitrogen and oxygen atoms in total. The summed E-state index contributed by atoms with van der Waals surface area (Å²) < 4.78 is 40.0. The van der Waals surface area contributed by atoms with E-state index in [-0.39, 0.29) is 0 Å². The summed E-state index contributed by atoms with van der Waals surface area (Å²) in [5.74, 6) is -0.480. The van der Waals surface area contributed by atoms with E-state index in [1.165, 1.54) is 0 Å². The van der Waals surface area contributed by atoms with Crippen LogP contribution in [0, 0.1) is 5.41 Å². The lowest BCUT2D eigenvalue weighted by Gasteiger charge is -2.31. The van der Waals surface area contributed by atoms with Gasteiger partial charge in [-0.05, 0) is 40.1 Å². The normalized spacial score (nSPS) is 22.6. The molecule has 0 radical (unpaired) electrons. The highest BCUT2D eigenvalue weighted by atomic mass is 16.1. The van der Waals surface area contributed by atoms with E-state index in [1.54, 1.807) is 41.5 Å². The molecule has 0 rings (SSSR count). The van der Waals surface area contributed by atoms with Crippen LogP contribution in [0.3, 0.4) is 0 Å². The third kappa shape index (κ3) is 7.50. The zero-order valence-electron chi connectivity index (χ0n) is 16.9. The summed E-state index contributed by atoms with van der Waals surface area (Å²) in [7, 11) is 0. The number of hydrogen-bond acceptors (Lipinski definition) is 3. The smallest absolute Gasteiger partial charge is 0.155 e. The molecule has 3 N–H and O–H groups in total. The van der Waals surface area contributed by atoms with Gasteiger partial charge >= 0.3 is 0 Å². The van der Waals surface area contributed by atoms with Gasteiger partial charge in [0.05, 0.1) is 7.39 Å². The number of ketones is 1. The van der Waals surface area contributed by atoms with Gasteiger partial charge in [0.15, 0.2) is 5.78 Å². The van der Waals surface area contributed by atoms with E-state index >= 15 is 0 Å². The quantitative estimate of drug-likeness (QED) is 0.758. The highest BCUT2D eigenvalue weighted by molar-refractivity contribution is 5.88. The molecular formula is C14H30N2O. The van der Waals surface area contributed by atoms with E-state index in [0.717, 1.165) is 0 Å². The van der Waals surface area contributed by atoms with Gasteiger partial charge in [-0.25, -0.2) is 0 Å². The lowest BCUT2D eigenvalue weighted by atomic mass is 9.84. The minimum absolute atomic E-state index is 0.480. The van der Waals surface area contributed by atoms with E-state index in [2.05, 4.69) is 5.32 Å². The zero-order chi connectivity index (χ0) is 18.2. The van der Waals surface area contributed by atoms with Crippen molar-refractivity contribution in [1.29, 1.82) is 0 Å². The van der Waals surface area contributed by atoms with Crippen molar-refractivity contribution in [3.05, 3.63) is 0 Å². The number of nitrogens with two attached hydrogens (primary N) is 1. The first-order valence-electron chi connectivity index (χ1n) is 8.42. The maximum Gasteiger partial charge on any atom is 0.155 e. The number of Topliss-reactive ketones (excluding diaryl/α,β-unsaturated/α-hetero) is 1. The predicted molar refractivity (Wildman–Crippen MR) is 74.0 cm³/mol. The second-order valence-corrected chi connectivity index (χ2v) is 6.17. The molecule has 0 aliphatic carbocycles. The molecule has 0 saturated carbocycles. The standard InChI is InChI=1S/C14H30N2O/c1-13(2,3)12(17)11(9-7-8-10-15)16-14(4,5)6/h11,16H,7-10,15H2,1-6H3/t11-/m0/s1/i7D2,8D2,11D. The van der Waals surface area contributed by atoms with Gasteiger partial charge in [0.2, 0.25) is 0 Å². The Bertz CT molecular complexity index is 412. The van der Waals surface area contributed by atoms with Gasteiger partial charge in [0.1, 0.15) is 0 Å². The van der Waals surface area contributed by atoms with Crippen molar-refractivity contribution in [3.8, 4) is 0 Å². The monoisotopic (exact) mass is 247 g/mol. The number of carbonyl (C=O) groups excluding carboxylic acids is 1. The molecule has 0 saturated heterocycles. The largest absolute Gasteiger partial charge is 0.330 e. The van der Waals surface area contributed by atoms with Crippen molar-refractivity contribution in [2.75, 3.05) is 6.54 Å². The van der Waals surface area contributed by atoms with Gasteiger partial charge in [-0.3, -0.25) is 4.79 Å². The van der Waals surface area contributed by atoms with Crippen LogP contribution >= 0.6 is 0 Å². The Labute approximate surface area is 114 Å². The topological polar surface area (TPSA) is 55.1 Å². The molecule has 17 heavy (non-hydrogen) atoms. The first-order chi connectivity index (χ1) is 9.38. The van der Waals surface area contributed by atoms with Crippen molar-refractivity contribution in [3.63, 3.8) is 0 Å². The van der Waals surface area contributed by atoms with E-state index in [4.69, 9.17) is 12.6 Å². The van der Waals surface area contributed by atoms with Crippen LogP contribution in [0.1, 0.15) is 67.6 Å². The van der Waals surface area contributed by atoms with E-state index in [9.17, 15) is 4.79 Å². The van der Waals surface area contributed by atoms with E-state index in [1.807, 2.05) is 0 Å². The Morgan fingerprint density at radius 1 is 1.29 bits per heavy atom. The predicted octanol–water partition coefficient (Wildman–Crippen LogP) is 2.49. The second kappa shape index (κ2) is 6.50. The molecule has 0 unspecified atom stereocenters. The van der Waals surface area contributed by atoms with Gasteiger partial charge in [-0.15, -0.1) is 0 Å². The molecule has 0 aromatic rings. The van der Waals surface area contributed by atoms with Crippen molar-refractivity contribution in [1.82, 2.24) is 5.32 Å².